The van der Waals surface area contributed by atoms with Gasteiger partial charge in [0.15, 0.2) is 11.3 Å². The van der Waals surface area contributed by atoms with Crippen LogP contribution in [0.15, 0.2) is 12.1 Å². The number of nitro benzene ring substituents is 1. The van der Waals surface area contributed by atoms with Gasteiger partial charge in [-0.1, -0.05) is 0 Å². The molecule has 0 unspecified atom stereocenters. The van der Waals surface area contributed by atoms with Crippen LogP contribution in [0.1, 0.15) is 22.8 Å². The summed E-state index contributed by atoms with van der Waals surface area (Å²) in [6, 6.07) is 3.09. The zero-order valence-electron chi connectivity index (χ0n) is 7.65. The smallest absolute Gasteiger partial charge is 0.290 e. The molecule has 0 aliphatic heterocycles. The van der Waals surface area contributed by atoms with Gasteiger partial charge in [0.2, 0.25) is 0 Å². The maximum Gasteiger partial charge on any atom is 0.290 e. The van der Waals surface area contributed by atoms with Gasteiger partial charge in [0.1, 0.15) is 11.9 Å². The van der Waals surface area contributed by atoms with E-state index in [1.54, 1.807) is 0 Å². The van der Waals surface area contributed by atoms with Gasteiger partial charge in [0.25, 0.3) is 5.69 Å². The Morgan fingerprint density at radius 1 is 1.60 bits per heavy atom. The first-order chi connectivity index (χ1) is 6.97. The van der Waals surface area contributed by atoms with Gasteiger partial charge in [-0.25, -0.2) is 4.39 Å². The Hall–Kier alpha value is -2.29. The predicted molar refractivity (Wildman–Crippen MR) is 47.8 cm³/mol. The quantitative estimate of drug-likeness (QED) is 0.421. The van der Waals surface area contributed by atoms with Crippen LogP contribution >= 0.6 is 0 Å². The largest absolute Gasteiger partial charge is 0.295 e. The van der Waals surface area contributed by atoms with Crippen LogP contribution in [0.2, 0.25) is 0 Å². The first kappa shape index (κ1) is 10.8. The predicted octanol–water partition coefficient (Wildman–Crippen LogP) is 1.81. The van der Waals surface area contributed by atoms with Gasteiger partial charge in [-0.3, -0.25) is 14.9 Å². The number of Topliss-reactive ketones (excluding diaryl/α,β-unsaturated/α-hetero) is 1. The lowest BCUT2D eigenvalue weighted by Crippen LogP contribution is -2.00. The molecule has 1 aromatic rings. The number of halogens is 1. The van der Waals surface area contributed by atoms with Gasteiger partial charge in [0, 0.05) is 11.6 Å². The van der Waals surface area contributed by atoms with Crippen LogP contribution in [-0.4, -0.2) is 10.7 Å². The summed E-state index contributed by atoms with van der Waals surface area (Å²) in [5, 5.41) is 19.0. The number of nitrogens with zero attached hydrogens (tertiary/aromatic N) is 2. The summed E-state index contributed by atoms with van der Waals surface area (Å²) in [5.41, 5.74) is -1.48. The van der Waals surface area contributed by atoms with Crippen molar-refractivity contribution in [3.05, 3.63) is 39.2 Å². The number of ketones is 1. The average molecular weight is 208 g/mol. The zero-order chi connectivity index (χ0) is 11.6. The molecule has 0 amide bonds. The van der Waals surface area contributed by atoms with Crippen molar-refractivity contribution in [3.8, 4) is 6.07 Å². The second kappa shape index (κ2) is 3.84. The van der Waals surface area contributed by atoms with Crippen molar-refractivity contribution in [1.29, 1.82) is 5.26 Å². The Bertz CT molecular complexity index is 491. The number of carbonyl (C=O) groups is 1. The number of hydrogen-bond acceptors (Lipinski definition) is 4. The van der Waals surface area contributed by atoms with E-state index in [-0.39, 0.29) is 5.56 Å². The molecule has 0 saturated heterocycles. The highest BCUT2D eigenvalue weighted by atomic mass is 19.1. The number of nitriles is 1. The Kier molecular flexibility index (Phi) is 2.76. The molecular formula is C9H5FN2O3. The van der Waals surface area contributed by atoms with Crippen molar-refractivity contribution >= 4 is 11.5 Å². The zero-order valence-corrected chi connectivity index (χ0v) is 7.65. The maximum atomic E-state index is 13.2. The van der Waals surface area contributed by atoms with Crippen molar-refractivity contribution in [2.24, 2.45) is 0 Å². The highest BCUT2D eigenvalue weighted by Crippen LogP contribution is 2.23. The van der Waals surface area contributed by atoms with Crippen LogP contribution < -0.4 is 0 Å². The second-order valence-electron chi connectivity index (χ2n) is 2.78. The molecule has 15 heavy (non-hydrogen) atoms. The minimum atomic E-state index is -1.06. The van der Waals surface area contributed by atoms with Gasteiger partial charge in [-0.2, -0.15) is 5.26 Å². The van der Waals surface area contributed by atoms with E-state index in [4.69, 9.17) is 5.26 Å². The van der Waals surface area contributed by atoms with Gasteiger partial charge >= 0.3 is 0 Å². The number of hydrogen-bond donors (Lipinski definition) is 0. The van der Waals surface area contributed by atoms with E-state index in [1.807, 2.05) is 0 Å². The average Bonchev–Trinajstić information content (AvgIpc) is 2.16. The fourth-order valence-electron chi connectivity index (χ4n) is 1.05. The molecule has 0 aromatic heterocycles. The number of benzene rings is 1. The normalized spacial score (nSPS) is 9.40. The first-order valence-corrected chi connectivity index (χ1v) is 3.86. The fourth-order valence-corrected chi connectivity index (χ4v) is 1.05. The van der Waals surface area contributed by atoms with E-state index in [0.29, 0.717) is 0 Å². The van der Waals surface area contributed by atoms with E-state index in [2.05, 4.69) is 0 Å². The molecule has 0 fully saturated rings. The van der Waals surface area contributed by atoms with E-state index in [9.17, 15) is 19.3 Å². The highest BCUT2D eigenvalue weighted by Gasteiger charge is 2.20. The molecule has 0 N–H and O–H groups in total. The third-order valence-corrected chi connectivity index (χ3v) is 1.78. The van der Waals surface area contributed by atoms with E-state index in [1.165, 1.54) is 6.07 Å². The van der Waals surface area contributed by atoms with E-state index in [0.717, 1.165) is 19.1 Å². The number of rotatable bonds is 2. The molecular weight excluding hydrogens is 203 g/mol. The molecule has 5 nitrogen and oxygen atoms in total. The molecule has 0 atom stereocenters. The van der Waals surface area contributed by atoms with Gasteiger partial charge in [-0.05, 0) is 13.0 Å². The van der Waals surface area contributed by atoms with Crippen molar-refractivity contribution in [2.75, 3.05) is 0 Å². The Labute approximate surface area is 83.9 Å². The summed E-state index contributed by atoms with van der Waals surface area (Å²) >= 11 is 0. The van der Waals surface area contributed by atoms with Crippen LogP contribution in [0.3, 0.4) is 0 Å². The fraction of sp³-hybridized carbons (Fsp3) is 0.111. The van der Waals surface area contributed by atoms with Gasteiger partial charge in [0.05, 0.1) is 4.92 Å². The molecule has 0 aliphatic rings. The standard InChI is InChI=1S/C9H5FN2O3/c1-5(13)6-2-8(10)7(4-11)9(3-6)12(14)15/h2-3H,1H3. The van der Waals surface area contributed by atoms with Gasteiger partial charge < -0.3 is 0 Å². The topological polar surface area (TPSA) is 84.0 Å². The Balaban J connectivity index is 3.54. The lowest BCUT2D eigenvalue weighted by molar-refractivity contribution is -0.385. The molecule has 76 valence electrons. The van der Waals surface area contributed by atoms with E-state index < -0.39 is 27.8 Å². The Morgan fingerprint density at radius 2 is 2.20 bits per heavy atom. The molecule has 0 aliphatic carbocycles. The third-order valence-electron chi connectivity index (χ3n) is 1.78. The summed E-state index contributed by atoms with van der Waals surface area (Å²) in [7, 11) is 0. The summed E-state index contributed by atoms with van der Waals surface area (Å²) in [6.07, 6.45) is 0. The molecule has 6 heteroatoms. The van der Waals surface area contributed by atoms with Crippen molar-refractivity contribution < 1.29 is 14.1 Å². The summed E-state index contributed by atoms with van der Waals surface area (Å²) < 4.78 is 13.2. The maximum absolute atomic E-state index is 13.2. The molecule has 1 rings (SSSR count). The summed E-state index contributed by atoms with van der Waals surface area (Å²) in [6.45, 7) is 1.16. The number of nitro groups is 1. The lowest BCUT2D eigenvalue weighted by Gasteiger charge is -1.99. The highest BCUT2D eigenvalue weighted by molar-refractivity contribution is 5.95. The number of carbonyl (C=O) groups excluding carboxylic acids is 1. The molecule has 0 heterocycles. The van der Waals surface area contributed by atoms with Gasteiger partial charge in [-0.15, -0.1) is 0 Å². The van der Waals surface area contributed by atoms with Crippen LogP contribution in [0.5, 0.6) is 0 Å². The van der Waals surface area contributed by atoms with Crippen LogP contribution in [-0.2, 0) is 0 Å². The van der Waals surface area contributed by atoms with Crippen molar-refractivity contribution in [1.82, 2.24) is 0 Å². The van der Waals surface area contributed by atoms with E-state index >= 15 is 0 Å². The lowest BCUT2D eigenvalue weighted by atomic mass is 10.1. The van der Waals surface area contributed by atoms with Crippen LogP contribution in [0.25, 0.3) is 0 Å². The summed E-state index contributed by atoms with van der Waals surface area (Å²) in [5.74, 6) is -1.56. The summed E-state index contributed by atoms with van der Waals surface area (Å²) in [4.78, 5) is 20.5. The molecule has 0 radical (unpaired) electrons. The van der Waals surface area contributed by atoms with Crippen LogP contribution in [0.4, 0.5) is 10.1 Å². The Morgan fingerprint density at radius 3 is 2.60 bits per heavy atom. The molecule has 0 bridgehead atoms. The van der Waals surface area contributed by atoms with Crippen molar-refractivity contribution in [3.63, 3.8) is 0 Å². The first-order valence-electron chi connectivity index (χ1n) is 3.86. The molecule has 1 aromatic carbocycles. The monoisotopic (exact) mass is 208 g/mol. The van der Waals surface area contributed by atoms with Crippen molar-refractivity contribution in [2.45, 2.75) is 6.92 Å². The third kappa shape index (κ3) is 1.96. The minimum Gasteiger partial charge on any atom is -0.295 e. The second-order valence-corrected chi connectivity index (χ2v) is 2.78. The van der Waals surface area contributed by atoms with Crippen LogP contribution in [0, 0.1) is 27.3 Å². The SMILES string of the molecule is CC(=O)c1cc(F)c(C#N)c([N+](=O)[O-])c1. The molecule has 0 saturated carbocycles. The molecule has 0 spiro atoms. The minimum absolute atomic E-state index is 0.127.